The SMILES string of the molecule is CNC[C](=[V])[C](C)=[V].[V].[V].[V].[V].[V].[V].[V]=[V]. The topological polar surface area (TPSA) is 12.0 Å². The van der Waals surface area contributed by atoms with Crippen molar-refractivity contribution < 1.29 is 175 Å². The van der Waals surface area contributed by atoms with Gasteiger partial charge in [-0.2, -0.15) is 0 Å². The number of hydrogen-bond acceptors (Lipinski definition) is 1. The van der Waals surface area contributed by atoms with Crippen molar-refractivity contribution in [3.05, 3.63) is 0 Å². The molecule has 11 heteroatoms. The molecule has 0 fully saturated rings. The Morgan fingerprint density at radius 1 is 0.875 bits per heavy atom. The Kier molecular flexibility index (Phi) is 133. The Labute approximate surface area is 204 Å². The normalized spacial score (nSPS) is 4.38. The molecule has 16 heavy (non-hydrogen) atoms. The molecule has 0 saturated heterocycles. The fourth-order valence-corrected chi connectivity index (χ4v) is 0.666. The third-order valence-corrected chi connectivity index (χ3v) is 2.40. The molecule has 1 nitrogen and oxygen atoms in total. The molecule has 0 aliphatic heterocycles. The molecular formula is C5H9NV10. The molecule has 0 saturated carbocycles. The Hall–Kier alpha value is 5.54. The first-order valence-electron chi connectivity index (χ1n) is 2.60. The van der Waals surface area contributed by atoms with Crippen LogP contribution in [0.3, 0.4) is 0 Å². The van der Waals surface area contributed by atoms with Crippen LogP contribution in [-0.2, 0) is 175 Å². The van der Waals surface area contributed by atoms with E-state index in [1.54, 1.807) is 0 Å². The van der Waals surface area contributed by atoms with E-state index in [9.17, 15) is 0 Å². The molecule has 0 aliphatic carbocycles. The fourth-order valence-electron chi connectivity index (χ4n) is 0.295. The molecule has 0 heterocycles. The maximum absolute atomic E-state index is 3.07. The molecule has 0 bridgehead atoms. The summed E-state index contributed by atoms with van der Waals surface area (Å²) >= 11 is 9.59. The van der Waals surface area contributed by atoms with Gasteiger partial charge >= 0.3 is 97.5 Å². The number of nitrogens with one attached hydrogen (secondary N) is 1. The zero-order chi connectivity index (χ0) is 8.57. The van der Waals surface area contributed by atoms with Gasteiger partial charge < -0.3 is 0 Å². The minimum atomic E-state index is 0. The molecule has 0 amide bonds. The second-order valence-electron chi connectivity index (χ2n) is 1.56. The molecule has 0 aliphatic rings. The molecule has 84 valence electrons. The van der Waals surface area contributed by atoms with E-state index in [1.165, 1.54) is 8.45 Å². The number of rotatable bonds is 3. The molecule has 0 spiro atoms. The van der Waals surface area contributed by atoms with Crippen LogP contribution in [0.4, 0.5) is 0 Å². The summed E-state index contributed by atoms with van der Waals surface area (Å²) in [5, 5.41) is 3.07. The molecule has 0 aromatic heterocycles. The van der Waals surface area contributed by atoms with Crippen molar-refractivity contribution in [2.45, 2.75) is 6.92 Å². The summed E-state index contributed by atoms with van der Waals surface area (Å²) in [5.41, 5.74) is 0. The molecule has 0 aromatic carbocycles. The van der Waals surface area contributed by atoms with Crippen LogP contribution >= 0.6 is 0 Å². The van der Waals surface area contributed by atoms with Crippen LogP contribution in [0.2, 0.25) is 0 Å². The Balaban J connectivity index is -0.0000000126. The fraction of sp³-hybridized carbons (Fsp3) is 0.600. The van der Waals surface area contributed by atoms with Gasteiger partial charge in [0.05, 0.1) is 0 Å². The second-order valence-corrected chi connectivity index (χ2v) is 3.45. The molecule has 0 rings (SSSR count). The summed E-state index contributed by atoms with van der Waals surface area (Å²) < 4.78 is 2.67. The zero-order valence-electron chi connectivity index (χ0n) is 8.68. The van der Waals surface area contributed by atoms with Crippen LogP contribution in [0.15, 0.2) is 0 Å². The van der Waals surface area contributed by atoms with Crippen molar-refractivity contribution in [1.82, 2.24) is 5.32 Å². The van der Waals surface area contributed by atoms with Crippen molar-refractivity contribution in [2.24, 2.45) is 0 Å². The standard InChI is InChI=1S/C5H9N.10V/c1-3-4-5-6-2;;;;;;;;;;/h6H,5H2,1-2H3;;;;;;;;;;. The van der Waals surface area contributed by atoms with Gasteiger partial charge in [-0.3, -0.25) is 0 Å². The molecule has 1 N–H and O–H groups in total. The average molecular weight is 593 g/mol. The van der Waals surface area contributed by atoms with Crippen LogP contribution in [0.5, 0.6) is 0 Å². The summed E-state index contributed by atoms with van der Waals surface area (Å²) in [6.45, 7) is 3.06. The minimum absolute atomic E-state index is 0. The van der Waals surface area contributed by atoms with E-state index in [0.29, 0.717) is 0 Å². The molecule has 6 radical (unpaired) electrons. The van der Waals surface area contributed by atoms with E-state index in [2.05, 4.69) is 75.5 Å². The van der Waals surface area contributed by atoms with Gasteiger partial charge in [0.25, 0.3) is 0 Å². The monoisotopic (exact) mass is 593 g/mol. The van der Waals surface area contributed by atoms with Crippen molar-refractivity contribution in [2.75, 3.05) is 13.6 Å². The van der Waals surface area contributed by atoms with Gasteiger partial charge in [0, 0.05) is 111 Å². The molecular weight excluding hydrogens is 584 g/mol. The van der Waals surface area contributed by atoms with E-state index < -0.39 is 0 Å². The first kappa shape index (κ1) is 49.6. The van der Waals surface area contributed by atoms with Crippen LogP contribution in [0, 0.1) is 0 Å². The van der Waals surface area contributed by atoms with Crippen molar-refractivity contribution in [3.63, 3.8) is 0 Å². The van der Waals surface area contributed by atoms with Gasteiger partial charge in [0.15, 0.2) is 0 Å². The van der Waals surface area contributed by atoms with Crippen molar-refractivity contribution >= 4 is 8.45 Å². The Morgan fingerprint density at radius 2 is 1.12 bits per heavy atom. The van der Waals surface area contributed by atoms with Crippen LogP contribution in [0.25, 0.3) is 0 Å². The van der Waals surface area contributed by atoms with E-state index in [-0.39, 0.29) is 111 Å². The van der Waals surface area contributed by atoms with E-state index >= 15 is 0 Å². The first-order chi connectivity index (χ1) is 4.68. The van der Waals surface area contributed by atoms with Gasteiger partial charge in [0.1, 0.15) is 0 Å². The number of hydrogen-bond donors (Lipinski definition) is 1. The van der Waals surface area contributed by atoms with Crippen LogP contribution in [0.1, 0.15) is 6.92 Å². The Bertz CT molecular complexity index is 128. The molecule has 0 unspecified atom stereocenters. The van der Waals surface area contributed by atoms with Gasteiger partial charge in [0.2, 0.25) is 0 Å². The predicted octanol–water partition coefficient (Wildman–Crippen LogP) is -0.356. The van der Waals surface area contributed by atoms with Gasteiger partial charge in [-0.15, -0.1) is 0 Å². The van der Waals surface area contributed by atoms with Gasteiger partial charge in [-0.1, -0.05) is 0 Å². The quantitative estimate of drug-likeness (QED) is 0.473. The summed E-state index contributed by atoms with van der Waals surface area (Å²) in [6.07, 6.45) is 0. The maximum atomic E-state index is 3.07. The molecule has 0 atom stereocenters. The van der Waals surface area contributed by atoms with Crippen molar-refractivity contribution in [1.29, 1.82) is 0 Å². The predicted molar refractivity (Wildman–Crippen MR) is 29.6 cm³/mol. The van der Waals surface area contributed by atoms with Crippen molar-refractivity contribution in [3.8, 4) is 0 Å². The first-order valence-corrected chi connectivity index (χ1v) is 7.20. The van der Waals surface area contributed by atoms with Gasteiger partial charge in [-0.25, -0.2) is 0 Å². The van der Waals surface area contributed by atoms with E-state index in [4.69, 9.17) is 0 Å². The molecule has 0 aromatic rings. The van der Waals surface area contributed by atoms with E-state index in [1.807, 2.05) is 7.05 Å². The van der Waals surface area contributed by atoms with E-state index in [0.717, 1.165) is 6.54 Å². The summed E-state index contributed by atoms with van der Waals surface area (Å²) in [5.74, 6) is 0. The van der Waals surface area contributed by atoms with Crippen LogP contribution < -0.4 is 5.32 Å². The third-order valence-electron chi connectivity index (χ3n) is 0.762. The summed E-state index contributed by atoms with van der Waals surface area (Å²) in [7, 11) is 1.95. The summed E-state index contributed by atoms with van der Waals surface area (Å²) in [6, 6.07) is 0. The second kappa shape index (κ2) is 42.8. The van der Waals surface area contributed by atoms with Crippen LogP contribution in [-0.4, -0.2) is 22.0 Å². The average Bonchev–Trinajstić information content (AvgIpc) is 1.93. The summed E-state index contributed by atoms with van der Waals surface area (Å²) in [4.78, 5) is 0. The third kappa shape index (κ3) is 42.7. The Morgan fingerprint density at radius 3 is 1.19 bits per heavy atom. The zero-order valence-corrected chi connectivity index (χ0v) is 22.6. The van der Waals surface area contributed by atoms with Gasteiger partial charge in [-0.05, 0) is 0 Å².